The zero-order valence-corrected chi connectivity index (χ0v) is 19.2. The monoisotopic (exact) mass is 464 g/mol. The van der Waals surface area contributed by atoms with Crippen LogP contribution < -0.4 is 10.9 Å². The van der Waals surface area contributed by atoms with Crippen LogP contribution in [0.1, 0.15) is 27.9 Å². The lowest BCUT2D eigenvalue weighted by atomic mass is 10.1. The van der Waals surface area contributed by atoms with E-state index in [-0.39, 0.29) is 17.8 Å². The van der Waals surface area contributed by atoms with Gasteiger partial charge >= 0.3 is 6.03 Å². The molecule has 1 saturated heterocycles. The first-order valence-electron chi connectivity index (χ1n) is 11.3. The molecule has 1 aliphatic rings. The standard InChI is InChI=1S/C28H24N4O3/c1-19-9-8-12-21(15-19)18-31-27(34)25(29-28(31)35)17-23-24(16-20-10-4-2-5-11-20)30-32(26(23)33)22-13-6-3-7-14-22/h2-15,17,30H,16,18H2,1H3,(H,29,35). The fourth-order valence-corrected chi connectivity index (χ4v) is 4.19. The van der Waals surface area contributed by atoms with Crippen LogP contribution in [0.5, 0.6) is 0 Å². The number of aromatic amines is 1. The van der Waals surface area contributed by atoms with E-state index in [9.17, 15) is 14.4 Å². The third-order valence-corrected chi connectivity index (χ3v) is 5.92. The molecular weight excluding hydrogens is 440 g/mol. The van der Waals surface area contributed by atoms with Crippen molar-refractivity contribution in [2.45, 2.75) is 19.9 Å². The number of carbonyl (C=O) groups is 2. The molecule has 1 aromatic heterocycles. The molecule has 35 heavy (non-hydrogen) atoms. The molecule has 0 aliphatic carbocycles. The lowest BCUT2D eigenvalue weighted by Crippen LogP contribution is -2.30. The number of rotatable bonds is 6. The van der Waals surface area contributed by atoms with Gasteiger partial charge in [-0.25, -0.2) is 9.48 Å². The maximum absolute atomic E-state index is 13.4. The number of amides is 3. The van der Waals surface area contributed by atoms with Crippen LogP contribution in [-0.2, 0) is 17.8 Å². The number of nitrogens with zero attached hydrogens (tertiary/aromatic N) is 2. The van der Waals surface area contributed by atoms with E-state index < -0.39 is 11.9 Å². The normalized spacial score (nSPS) is 14.5. The SMILES string of the molecule is Cc1cccc(CN2C(=O)NC(=Cc3c(Cc4ccccc4)[nH]n(-c4ccccc4)c3=O)C2=O)c1. The summed E-state index contributed by atoms with van der Waals surface area (Å²) >= 11 is 0. The lowest BCUT2D eigenvalue weighted by molar-refractivity contribution is -0.123. The zero-order valence-electron chi connectivity index (χ0n) is 19.2. The summed E-state index contributed by atoms with van der Waals surface area (Å²) in [5, 5.41) is 5.84. The van der Waals surface area contributed by atoms with Crippen molar-refractivity contribution in [2.75, 3.05) is 0 Å². The van der Waals surface area contributed by atoms with Crippen molar-refractivity contribution in [3.63, 3.8) is 0 Å². The number of para-hydroxylation sites is 1. The highest BCUT2D eigenvalue weighted by molar-refractivity contribution is 6.13. The molecule has 174 valence electrons. The largest absolute Gasteiger partial charge is 0.329 e. The van der Waals surface area contributed by atoms with Gasteiger partial charge in [-0.2, -0.15) is 0 Å². The van der Waals surface area contributed by atoms with Gasteiger partial charge in [0.2, 0.25) is 0 Å². The van der Waals surface area contributed by atoms with Crippen molar-refractivity contribution < 1.29 is 9.59 Å². The van der Waals surface area contributed by atoms with Crippen LogP contribution in [0.2, 0.25) is 0 Å². The summed E-state index contributed by atoms with van der Waals surface area (Å²) in [6, 6.07) is 26.1. The first kappa shape index (κ1) is 22.2. The third kappa shape index (κ3) is 4.56. The first-order valence-corrected chi connectivity index (χ1v) is 11.3. The molecule has 3 amide bonds. The molecule has 3 aromatic carbocycles. The Hall–Kier alpha value is -4.65. The van der Waals surface area contributed by atoms with Crippen LogP contribution in [0, 0.1) is 6.92 Å². The number of imide groups is 1. The molecule has 1 fully saturated rings. The molecular formula is C28H24N4O3. The second kappa shape index (κ2) is 9.30. The summed E-state index contributed by atoms with van der Waals surface area (Å²) in [4.78, 5) is 40.3. The van der Waals surface area contributed by atoms with Crippen molar-refractivity contribution in [1.29, 1.82) is 0 Å². The fraction of sp³-hybridized carbons (Fsp3) is 0.107. The summed E-state index contributed by atoms with van der Waals surface area (Å²) in [7, 11) is 0. The maximum Gasteiger partial charge on any atom is 0.329 e. The van der Waals surface area contributed by atoms with E-state index in [2.05, 4.69) is 10.4 Å². The van der Waals surface area contributed by atoms with Crippen molar-refractivity contribution in [3.8, 4) is 5.69 Å². The van der Waals surface area contributed by atoms with Gasteiger partial charge < -0.3 is 5.32 Å². The average molecular weight is 465 g/mol. The van der Waals surface area contributed by atoms with Crippen molar-refractivity contribution in [3.05, 3.63) is 129 Å². The quantitative estimate of drug-likeness (QED) is 0.332. The van der Waals surface area contributed by atoms with E-state index >= 15 is 0 Å². The molecule has 0 unspecified atom stereocenters. The highest BCUT2D eigenvalue weighted by atomic mass is 16.2. The number of nitrogens with one attached hydrogen (secondary N) is 2. The molecule has 0 spiro atoms. The number of benzene rings is 3. The number of H-pyrrole nitrogens is 1. The second-order valence-electron chi connectivity index (χ2n) is 8.51. The van der Waals surface area contributed by atoms with E-state index in [0.29, 0.717) is 23.4 Å². The van der Waals surface area contributed by atoms with Gasteiger partial charge in [-0.15, -0.1) is 0 Å². The number of aromatic nitrogens is 2. The number of hydrogen-bond donors (Lipinski definition) is 2. The predicted molar refractivity (Wildman–Crippen MR) is 134 cm³/mol. The Bertz CT molecular complexity index is 1480. The third-order valence-electron chi connectivity index (χ3n) is 5.92. The second-order valence-corrected chi connectivity index (χ2v) is 8.51. The van der Waals surface area contributed by atoms with Gasteiger partial charge in [0.1, 0.15) is 5.70 Å². The molecule has 0 saturated carbocycles. The Morgan fingerprint density at radius 2 is 1.51 bits per heavy atom. The molecule has 0 radical (unpaired) electrons. The highest BCUT2D eigenvalue weighted by Crippen LogP contribution is 2.20. The Morgan fingerprint density at radius 1 is 0.829 bits per heavy atom. The minimum atomic E-state index is -0.508. The maximum atomic E-state index is 13.4. The minimum absolute atomic E-state index is 0.0771. The van der Waals surface area contributed by atoms with E-state index in [0.717, 1.165) is 21.6 Å². The van der Waals surface area contributed by atoms with Gasteiger partial charge in [0.25, 0.3) is 11.5 Å². The number of hydrogen-bond acceptors (Lipinski definition) is 3. The number of urea groups is 1. The Balaban J connectivity index is 1.52. The summed E-state index contributed by atoms with van der Waals surface area (Å²) in [6.45, 7) is 2.11. The van der Waals surface area contributed by atoms with E-state index in [1.54, 1.807) is 0 Å². The molecule has 1 aliphatic heterocycles. The van der Waals surface area contributed by atoms with Crippen molar-refractivity contribution in [1.82, 2.24) is 20.0 Å². The predicted octanol–water partition coefficient (Wildman–Crippen LogP) is 4.16. The first-order chi connectivity index (χ1) is 17.0. The van der Waals surface area contributed by atoms with Crippen LogP contribution in [0.3, 0.4) is 0 Å². The van der Waals surface area contributed by atoms with Crippen molar-refractivity contribution >= 4 is 18.0 Å². The van der Waals surface area contributed by atoms with Crippen LogP contribution in [0.4, 0.5) is 4.79 Å². The minimum Gasteiger partial charge on any atom is -0.303 e. The average Bonchev–Trinajstić information content (AvgIpc) is 3.31. The van der Waals surface area contributed by atoms with Gasteiger partial charge in [0.15, 0.2) is 0 Å². The summed E-state index contributed by atoms with van der Waals surface area (Å²) in [5.41, 5.74) is 4.35. The van der Waals surface area contributed by atoms with Gasteiger partial charge in [-0.05, 0) is 36.3 Å². The van der Waals surface area contributed by atoms with E-state index in [1.807, 2.05) is 91.9 Å². The number of aryl methyl sites for hydroxylation is 1. The Morgan fingerprint density at radius 3 is 2.23 bits per heavy atom. The van der Waals surface area contributed by atoms with Crippen LogP contribution in [-0.4, -0.2) is 26.6 Å². The molecule has 0 bridgehead atoms. The smallest absolute Gasteiger partial charge is 0.303 e. The topological polar surface area (TPSA) is 87.2 Å². The Kier molecular flexibility index (Phi) is 5.89. The zero-order chi connectivity index (χ0) is 24.4. The van der Waals surface area contributed by atoms with Crippen LogP contribution >= 0.6 is 0 Å². The van der Waals surface area contributed by atoms with Crippen molar-refractivity contribution in [2.24, 2.45) is 0 Å². The molecule has 7 nitrogen and oxygen atoms in total. The summed E-state index contributed by atoms with van der Waals surface area (Å²) in [5.74, 6) is -0.464. The van der Waals surface area contributed by atoms with Gasteiger partial charge in [0.05, 0.1) is 17.8 Å². The lowest BCUT2D eigenvalue weighted by Gasteiger charge is -2.12. The molecule has 0 atom stereocenters. The molecule has 4 aromatic rings. The summed E-state index contributed by atoms with van der Waals surface area (Å²) < 4.78 is 1.45. The summed E-state index contributed by atoms with van der Waals surface area (Å²) in [6.07, 6.45) is 1.94. The van der Waals surface area contributed by atoms with E-state index in [4.69, 9.17) is 0 Å². The van der Waals surface area contributed by atoms with Gasteiger partial charge in [0, 0.05) is 12.1 Å². The van der Waals surface area contributed by atoms with E-state index in [1.165, 1.54) is 10.8 Å². The molecule has 2 heterocycles. The highest BCUT2D eigenvalue weighted by Gasteiger charge is 2.34. The van der Waals surface area contributed by atoms with Gasteiger partial charge in [-0.3, -0.25) is 19.6 Å². The molecule has 7 heteroatoms. The fourth-order valence-electron chi connectivity index (χ4n) is 4.19. The van der Waals surface area contributed by atoms with Gasteiger partial charge in [-0.1, -0.05) is 78.4 Å². The van der Waals surface area contributed by atoms with Crippen LogP contribution in [0.15, 0.2) is 95.4 Å². The number of carbonyl (C=O) groups excluding carboxylic acids is 2. The van der Waals surface area contributed by atoms with Crippen LogP contribution in [0.25, 0.3) is 11.8 Å². The Labute approximate surface area is 202 Å². The molecule has 5 rings (SSSR count). The molecule has 2 N–H and O–H groups in total.